The lowest BCUT2D eigenvalue weighted by molar-refractivity contribution is 0.575. The van der Waals surface area contributed by atoms with E-state index in [2.05, 4.69) is 32.3 Å². The maximum absolute atomic E-state index is 4.99. The van der Waals surface area contributed by atoms with Gasteiger partial charge in [0, 0.05) is 13.1 Å². The number of thiocarbonyl (C=S) groups is 2. The molecule has 0 bridgehead atoms. The molecular formula is C4H4Br2N2S2. The van der Waals surface area contributed by atoms with E-state index < -0.39 is 0 Å². The summed E-state index contributed by atoms with van der Waals surface area (Å²) in [6.07, 6.45) is 0. The second-order valence-electron chi connectivity index (χ2n) is 1.78. The number of hydrogen-bond donors (Lipinski definition) is 0. The number of hydrogen-bond acceptors (Lipinski definition) is 2. The zero-order chi connectivity index (χ0) is 7.72. The molecule has 6 heteroatoms. The summed E-state index contributed by atoms with van der Waals surface area (Å²) in [5.41, 5.74) is 0. The molecule has 0 aromatic heterocycles. The summed E-state index contributed by atoms with van der Waals surface area (Å²) in [5.74, 6) is 0. The molecule has 0 saturated carbocycles. The Kier molecular flexibility index (Phi) is 3.02. The van der Waals surface area contributed by atoms with E-state index in [-0.39, 0.29) is 0 Å². The number of piperazine rings is 1. The first-order valence-corrected chi connectivity index (χ1v) is 4.81. The van der Waals surface area contributed by atoms with Crippen molar-refractivity contribution in [1.29, 1.82) is 0 Å². The summed E-state index contributed by atoms with van der Waals surface area (Å²) in [6, 6.07) is 0. The molecule has 1 saturated heterocycles. The second-order valence-corrected chi connectivity index (χ2v) is 4.27. The van der Waals surface area contributed by atoms with E-state index in [1.165, 1.54) is 0 Å². The van der Waals surface area contributed by atoms with Gasteiger partial charge >= 0.3 is 0 Å². The Hall–Kier alpha value is 0.740. The lowest BCUT2D eigenvalue weighted by Gasteiger charge is -2.29. The Morgan fingerprint density at radius 2 is 1.30 bits per heavy atom. The Morgan fingerprint density at radius 3 is 1.60 bits per heavy atom. The van der Waals surface area contributed by atoms with Gasteiger partial charge in [-0.1, -0.05) is 24.4 Å². The maximum Gasteiger partial charge on any atom is 0.147 e. The quantitative estimate of drug-likeness (QED) is 0.498. The van der Waals surface area contributed by atoms with Crippen LogP contribution in [0.3, 0.4) is 0 Å². The van der Waals surface area contributed by atoms with Crippen LogP contribution in [-0.2, 0) is 0 Å². The third-order valence-corrected chi connectivity index (χ3v) is 3.96. The zero-order valence-corrected chi connectivity index (χ0v) is 9.69. The van der Waals surface area contributed by atoms with Crippen molar-refractivity contribution in [2.24, 2.45) is 0 Å². The standard InChI is InChI=1S/C4H4Br2N2S2/c5-7-1-2-8(6)4(10)3(7)9/h1-2H2. The minimum absolute atomic E-state index is 0.665. The highest BCUT2D eigenvalue weighted by molar-refractivity contribution is 9.08. The summed E-state index contributed by atoms with van der Waals surface area (Å²) in [5, 5.41) is 0. The van der Waals surface area contributed by atoms with Crippen molar-refractivity contribution in [2.45, 2.75) is 0 Å². The van der Waals surface area contributed by atoms with Crippen LogP contribution in [0.15, 0.2) is 0 Å². The van der Waals surface area contributed by atoms with Crippen molar-refractivity contribution < 1.29 is 0 Å². The van der Waals surface area contributed by atoms with Gasteiger partial charge in [0.25, 0.3) is 0 Å². The van der Waals surface area contributed by atoms with E-state index in [0.717, 1.165) is 13.1 Å². The van der Waals surface area contributed by atoms with Gasteiger partial charge in [0.05, 0.1) is 32.3 Å². The molecule has 0 aromatic carbocycles. The molecule has 0 radical (unpaired) electrons. The molecule has 0 amide bonds. The van der Waals surface area contributed by atoms with E-state index in [9.17, 15) is 0 Å². The average Bonchev–Trinajstić information content (AvgIpc) is 1.93. The molecule has 10 heavy (non-hydrogen) atoms. The van der Waals surface area contributed by atoms with E-state index >= 15 is 0 Å². The minimum Gasteiger partial charge on any atom is -0.295 e. The molecule has 1 aliphatic rings. The monoisotopic (exact) mass is 302 g/mol. The summed E-state index contributed by atoms with van der Waals surface area (Å²) >= 11 is 16.5. The normalized spacial score (nSPS) is 20.2. The third-order valence-electron chi connectivity index (χ3n) is 1.12. The maximum atomic E-state index is 4.99. The summed E-state index contributed by atoms with van der Waals surface area (Å²) in [6.45, 7) is 1.70. The van der Waals surface area contributed by atoms with Crippen LogP contribution in [0.2, 0.25) is 0 Å². The van der Waals surface area contributed by atoms with Crippen LogP contribution in [0.4, 0.5) is 0 Å². The van der Waals surface area contributed by atoms with Gasteiger partial charge in [0.2, 0.25) is 0 Å². The number of halogens is 2. The summed E-state index contributed by atoms with van der Waals surface area (Å²) < 4.78 is 3.59. The van der Waals surface area contributed by atoms with E-state index in [1.54, 1.807) is 7.85 Å². The van der Waals surface area contributed by atoms with Gasteiger partial charge in [0.1, 0.15) is 9.98 Å². The topological polar surface area (TPSA) is 6.48 Å². The highest BCUT2D eigenvalue weighted by Crippen LogP contribution is 2.14. The van der Waals surface area contributed by atoms with Gasteiger partial charge in [-0.15, -0.1) is 0 Å². The molecule has 1 heterocycles. The molecule has 56 valence electrons. The van der Waals surface area contributed by atoms with Crippen molar-refractivity contribution in [2.75, 3.05) is 13.1 Å². The van der Waals surface area contributed by atoms with Gasteiger partial charge in [-0.05, 0) is 0 Å². The van der Waals surface area contributed by atoms with Crippen LogP contribution in [-0.4, -0.2) is 30.9 Å². The number of nitrogens with zero attached hydrogens (tertiary/aromatic N) is 2. The van der Waals surface area contributed by atoms with Gasteiger partial charge in [-0.2, -0.15) is 0 Å². The van der Waals surface area contributed by atoms with E-state index in [4.69, 9.17) is 24.4 Å². The first-order valence-electron chi connectivity index (χ1n) is 2.58. The van der Waals surface area contributed by atoms with Crippen LogP contribution < -0.4 is 0 Å². The fraction of sp³-hybridized carbons (Fsp3) is 0.500. The zero-order valence-electron chi connectivity index (χ0n) is 4.88. The second kappa shape index (κ2) is 3.42. The lowest BCUT2D eigenvalue weighted by atomic mass is 10.4. The van der Waals surface area contributed by atoms with Crippen LogP contribution in [0, 0.1) is 0 Å². The fourth-order valence-electron chi connectivity index (χ4n) is 0.586. The predicted molar refractivity (Wildman–Crippen MR) is 56.5 cm³/mol. The minimum atomic E-state index is 0.665. The number of rotatable bonds is 0. The van der Waals surface area contributed by atoms with Gasteiger partial charge < -0.3 is 0 Å². The SMILES string of the molecule is S=C1C(=S)N(Br)CCN1Br. The molecule has 0 N–H and O–H groups in total. The van der Waals surface area contributed by atoms with E-state index in [1.807, 2.05) is 0 Å². The molecule has 1 fully saturated rings. The predicted octanol–water partition coefficient (Wildman–Crippen LogP) is 1.88. The van der Waals surface area contributed by atoms with Crippen molar-refractivity contribution in [3.05, 3.63) is 0 Å². The van der Waals surface area contributed by atoms with Crippen LogP contribution in [0.1, 0.15) is 0 Å². The van der Waals surface area contributed by atoms with Crippen molar-refractivity contribution in [3.8, 4) is 0 Å². The van der Waals surface area contributed by atoms with Crippen LogP contribution in [0.25, 0.3) is 0 Å². The van der Waals surface area contributed by atoms with Crippen molar-refractivity contribution in [1.82, 2.24) is 7.85 Å². The van der Waals surface area contributed by atoms with E-state index in [0.29, 0.717) is 9.98 Å². The molecule has 1 aliphatic heterocycles. The lowest BCUT2D eigenvalue weighted by Crippen LogP contribution is -2.44. The van der Waals surface area contributed by atoms with Gasteiger partial charge in [0.15, 0.2) is 0 Å². The molecule has 0 spiro atoms. The molecule has 2 nitrogen and oxygen atoms in total. The van der Waals surface area contributed by atoms with Crippen LogP contribution >= 0.6 is 56.7 Å². The first-order chi connectivity index (χ1) is 4.63. The summed E-state index contributed by atoms with van der Waals surface area (Å²) in [4.78, 5) is 1.33. The fourth-order valence-corrected chi connectivity index (χ4v) is 1.88. The summed E-state index contributed by atoms with van der Waals surface area (Å²) in [7, 11) is 0. The molecule has 1 rings (SSSR count). The smallest absolute Gasteiger partial charge is 0.147 e. The van der Waals surface area contributed by atoms with Gasteiger partial charge in [-0.25, -0.2) is 0 Å². The average molecular weight is 304 g/mol. The molecule has 0 atom stereocenters. The Morgan fingerprint density at radius 1 is 1.00 bits per heavy atom. The Balaban J connectivity index is 2.70. The third kappa shape index (κ3) is 1.66. The Labute approximate surface area is 87.2 Å². The highest BCUT2D eigenvalue weighted by atomic mass is 79.9. The molecule has 0 unspecified atom stereocenters. The molecule has 0 aliphatic carbocycles. The van der Waals surface area contributed by atoms with Crippen molar-refractivity contribution in [3.63, 3.8) is 0 Å². The highest BCUT2D eigenvalue weighted by Gasteiger charge is 2.22. The first kappa shape index (κ1) is 8.83. The van der Waals surface area contributed by atoms with Crippen LogP contribution in [0.5, 0.6) is 0 Å². The largest absolute Gasteiger partial charge is 0.295 e. The Bertz CT molecular complexity index is 164. The molecule has 0 aromatic rings. The molecular weight excluding hydrogens is 300 g/mol. The van der Waals surface area contributed by atoms with Crippen molar-refractivity contribution >= 4 is 66.7 Å². The van der Waals surface area contributed by atoms with Gasteiger partial charge in [-0.3, -0.25) is 7.85 Å².